The minimum Gasteiger partial charge on any atom is -0.462 e. The first kappa shape index (κ1) is 17.0. The zero-order chi connectivity index (χ0) is 15.7. The average Bonchev–Trinajstić information content (AvgIpc) is 2.47. The molecule has 0 fully saturated rings. The Labute approximate surface area is 125 Å². The van der Waals surface area contributed by atoms with E-state index in [9.17, 15) is 9.59 Å². The monoisotopic (exact) mass is 290 g/mol. The highest BCUT2D eigenvalue weighted by atomic mass is 16.5. The van der Waals surface area contributed by atoms with E-state index in [1.54, 1.807) is 24.3 Å². The summed E-state index contributed by atoms with van der Waals surface area (Å²) in [4.78, 5) is 24.0. The van der Waals surface area contributed by atoms with Crippen molar-refractivity contribution in [3.05, 3.63) is 47.5 Å². The van der Waals surface area contributed by atoms with Crippen molar-refractivity contribution in [2.24, 2.45) is 0 Å². The van der Waals surface area contributed by atoms with Crippen molar-refractivity contribution >= 4 is 11.9 Å². The molecule has 0 amide bonds. The zero-order valence-electron chi connectivity index (χ0n) is 12.7. The van der Waals surface area contributed by atoms with Crippen molar-refractivity contribution in [2.75, 3.05) is 13.2 Å². The number of carbonyl (C=O) groups excluding carboxylic acids is 2. The van der Waals surface area contributed by atoms with Gasteiger partial charge in [0.1, 0.15) is 0 Å². The van der Waals surface area contributed by atoms with E-state index in [1.807, 2.05) is 13.8 Å². The van der Waals surface area contributed by atoms with Gasteiger partial charge in [-0.25, -0.2) is 9.59 Å². The van der Waals surface area contributed by atoms with Crippen LogP contribution in [0.3, 0.4) is 0 Å². The second-order valence-corrected chi connectivity index (χ2v) is 4.88. The lowest BCUT2D eigenvalue weighted by Gasteiger charge is -2.09. The number of rotatable bonds is 8. The molecular weight excluding hydrogens is 268 g/mol. The Bertz CT molecular complexity index is 505. The summed E-state index contributed by atoms with van der Waals surface area (Å²) in [5, 5.41) is 0. The summed E-state index contributed by atoms with van der Waals surface area (Å²) in [6, 6.07) is 6.53. The third kappa shape index (κ3) is 5.81. The maximum Gasteiger partial charge on any atom is 0.339 e. The molecular formula is C17H22O4. The van der Waals surface area contributed by atoms with Crippen LogP contribution in [0, 0.1) is 0 Å². The van der Waals surface area contributed by atoms with Crippen LogP contribution in [0.25, 0.3) is 0 Å². The second kappa shape index (κ2) is 8.95. The highest BCUT2D eigenvalue weighted by molar-refractivity contribution is 6.03. The summed E-state index contributed by atoms with van der Waals surface area (Å²) >= 11 is 0. The van der Waals surface area contributed by atoms with Gasteiger partial charge >= 0.3 is 11.9 Å². The Morgan fingerprint density at radius 1 is 1.05 bits per heavy atom. The lowest BCUT2D eigenvalue weighted by Crippen LogP contribution is -2.15. The third-order valence-electron chi connectivity index (χ3n) is 2.86. The van der Waals surface area contributed by atoms with Gasteiger partial charge in [0.25, 0.3) is 0 Å². The van der Waals surface area contributed by atoms with Gasteiger partial charge in [0.05, 0.1) is 24.3 Å². The van der Waals surface area contributed by atoms with E-state index in [0.717, 1.165) is 18.4 Å². The molecule has 0 spiro atoms. The maximum absolute atomic E-state index is 12.0. The smallest absolute Gasteiger partial charge is 0.339 e. The van der Waals surface area contributed by atoms with Crippen LogP contribution in [0.2, 0.25) is 0 Å². The van der Waals surface area contributed by atoms with Crippen LogP contribution < -0.4 is 0 Å². The van der Waals surface area contributed by atoms with E-state index in [2.05, 4.69) is 6.58 Å². The molecule has 1 aromatic carbocycles. The zero-order valence-corrected chi connectivity index (χ0v) is 12.7. The first-order valence-electron chi connectivity index (χ1n) is 7.14. The Balaban J connectivity index is 2.71. The van der Waals surface area contributed by atoms with E-state index >= 15 is 0 Å². The normalized spacial score (nSPS) is 10.0. The summed E-state index contributed by atoms with van der Waals surface area (Å²) in [5.74, 6) is -1.00. The second-order valence-electron chi connectivity index (χ2n) is 4.88. The molecule has 0 aliphatic rings. The molecule has 114 valence electrons. The summed E-state index contributed by atoms with van der Waals surface area (Å²) in [6.07, 6.45) is 2.35. The molecule has 0 saturated carbocycles. The fourth-order valence-electron chi connectivity index (χ4n) is 1.62. The molecule has 1 rings (SSSR count). The molecule has 1 aromatic rings. The quantitative estimate of drug-likeness (QED) is 0.415. The highest BCUT2D eigenvalue weighted by Gasteiger charge is 2.18. The molecule has 0 heterocycles. The van der Waals surface area contributed by atoms with Crippen LogP contribution >= 0.6 is 0 Å². The van der Waals surface area contributed by atoms with Gasteiger partial charge in [-0.3, -0.25) is 0 Å². The molecule has 0 aromatic heterocycles. The van der Waals surface area contributed by atoms with Crippen LogP contribution in [0.15, 0.2) is 36.4 Å². The van der Waals surface area contributed by atoms with Crippen molar-refractivity contribution in [1.82, 2.24) is 0 Å². The topological polar surface area (TPSA) is 52.6 Å². The molecule has 0 atom stereocenters. The first-order chi connectivity index (χ1) is 10.1. The van der Waals surface area contributed by atoms with Gasteiger partial charge in [0.15, 0.2) is 0 Å². The van der Waals surface area contributed by atoms with Crippen LogP contribution in [0.4, 0.5) is 0 Å². The Morgan fingerprint density at radius 3 is 2.05 bits per heavy atom. The summed E-state index contributed by atoms with van der Waals surface area (Å²) in [7, 11) is 0. The van der Waals surface area contributed by atoms with E-state index in [1.165, 1.54) is 0 Å². The van der Waals surface area contributed by atoms with E-state index in [4.69, 9.17) is 9.47 Å². The van der Waals surface area contributed by atoms with Crippen LogP contribution in [0.5, 0.6) is 0 Å². The van der Waals surface area contributed by atoms with Gasteiger partial charge in [-0.15, -0.1) is 6.58 Å². The fraction of sp³-hybridized carbons (Fsp3) is 0.412. The lowest BCUT2D eigenvalue weighted by molar-refractivity contribution is 0.0457. The average molecular weight is 290 g/mol. The minimum absolute atomic E-state index is 0.237. The van der Waals surface area contributed by atoms with Crippen molar-refractivity contribution in [3.63, 3.8) is 0 Å². The van der Waals surface area contributed by atoms with Gasteiger partial charge < -0.3 is 9.47 Å². The lowest BCUT2D eigenvalue weighted by atomic mass is 10.1. The van der Waals surface area contributed by atoms with E-state index < -0.39 is 11.9 Å². The third-order valence-corrected chi connectivity index (χ3v) is 2.86. The Morgan fingerprint density at radius 2 is 1.57 bits per heavy atom. The summed E-state index contributed by atoms with van der Waals surface area (Å²) in [5.41, 5.74) is 1.42. The van der Waals surface area contributed by atoms with Gasteiger partial charge in [0, 0.05) is 6.42 Å². The fourth-order valence-corrected chi connectivity index (χ4v) is 1.62. The van der Waals surface area contributed by atoms with E-state index in [-0.39, 0.29) is 17.7 Å². The number of unbranched alkanes of at least 4 members (excludes halogenated alkanes) is 1. The molecule has 0 aliphatic carbocycles. The number of benzene rings is 1. The van der Waals surface area contributed by atoms with Gasteiger partial charge in [0.2, 0.25) is 0 Å². The predicted molar refractivity (Wildman–Crippen MR) is 81.3 cm³/mol. The highest BCUT2D eigenvalue weighted by Crippen LogP contribution is 2.13. The van der Waals surface area contributed by atoms with Crippen molar-refractivity contribution in [2.45, 2.75) is 33.1 Å². The van der Waals surface area contributed by atoms with Crippen molar-refractivity contribution in [3.8, 4) is 0 Å². The van der Waals surface area contributed by atoms with Gasteiger partial charge in [-0.2, -0.15) is 0 Å². The Hall–Kier alpha value is -2.10. The number of esters is 2. The van der Waals surface area contributed by atoms with Crippen molar-refractivity contribution < 1.29 is 19.1 Å². The van der Waals surface area contributed by atoms with Crippen LogP contribution in [-0.4, -0.2) is 25.2 Å². The standard InChI is InChI=1S/C17H22O4/c1-4-5-11-20-16(18)14-8-6-7-9-15(14)17(19)21-12-10-13(2)3/h6-9H,2,4-5,10-12H2,1,3H3. The SMILES string of the molecule is C=C(C)CCOC(=O)c1ccccc1C(=O)OCCCC. The van der Waals surface area contributed by atoms with Crippen LogP contribution in [-0.2, 0) is 9.47 Å². The minimum atomic E-state index is -0.515. The summed E-state index contributed by atoms with van der Waals surface area (Å²) in [6.45, 7) is 8.24. The number of ether oxygens (including phenoxy) is 2. The van der Waals surface area contributed by atoms with Crippen LogP contribution in [0.1, 0.15) is 53.8 Å². The van der Waals surface area contributed by atoms with E-state index in [0.29, 0.717) is 13.0 Å². The molecule has 0 bridgehead atoms. The summed E-state index contributed by atoms with van der Waals surface area (Å²) < 4.78 is 10.3. The molecule has 4 nitrogen and oxygen atoms in total. The predicted octanol–water partition coefficient (Wildman–Crippen LogP) is 3.77. The molecule has 0 saturated heterocycles. The largest absolute Gasteiger partial charge is 0.462 e. The molecule has 0 N–H and O–H groups in total. The number of carbonyl (C=O) groups is 2. The Kier molecular flexibility index (Phi) is 7.23. The first-order valence-corrected chi connectivity index (χ1v) is 7.14. The maximum atomic E-state index is 12.0. The number of hydrogen-bond donors (Lipinski definition) is 0. The molecule has 21 heavy (non-hydrogen) atoms. The molecule has 0 aliphatic heterocycles. The van der Waals surface area contributed by atoms with Gasteiger partial charge in [-0.05, 0) is 25.5 Å². The number of hydrogen-bond acceptors (Lipinski definition) is 4. The molecule has 0 unspecified atom stereocenters. The molecule has 4 heteroatoms. The molecule has 0 radical (unpaired) electrons. The van der Waals surface area contributed by atoms with Gasteiger partial charge in [-0.1, -0.05) is 31.1 Å². The van der Waals surface area contributed by atoms with Crippen molar-refractivity contribution in [1.29, 1.82) is 0 Å².